The maximum Gasteiger partial charge on any atom is 0.163 e. The third-order valence-electron chi connectivity index (χ3n) is 3.61. The van der Waals surface area contributed by atoms with Crippen LogP contribution in [0.2, 0.25) is 5.02 Å². The van der Waals surface area contributed by atoms with Gasteiger partial charge in [0.15, 0.2) is 5.65 Å². The molecular weight excluding hydrogens is 317 g/mol. The van der Waals surface area contributed by atoms with Crippen LogP contribution in [0.15, 0.2) is 49.1 Å². The summed E-state index contributed by atoms with van der Waals surface area (Å²) in [6.45, 7) is 0. The molecule has 3 aromatic heterocycles. The standard InChI is InChI=1S/C16H11ClFN5/c1-22-9-10(7-19-22)14-5-6-23-16(21-14)12(8-20-23)11-3-2-4-13(18)15(11)17/h2-9H,1H3. The molecule has 3 heterocycles. The van der Waals surface area contributed by atoms with Crippen molar-refractivity contribution in [3.8, 4) is 22.4 Å². The summed E-state index contributed by atoms with van der Waals surface area (Å²) in [7, 11) is 1.85. The Bertz CT molecular complexity index is 1020. The van der Waals surface area contributed by atoms with Crippen LogP contribution >= 0.6 is 11.6 Å². The maximum atomic E-state index is 13.7. The van der Waals surface area contributed by atoms with E-state index in [0.717, 1.165) is 11.3 Å². The fourth-order valence-corrected chi connectivity index (χ4v) is 2.71. The highest BCUT2D eigenvalue weighted by molar-refractivity contribution is 6.33. The zero-order valence-corrected chi connectivity index (χ0v) is 12.9. The molecule has 4 aromatic rings. The fraction of sp³-hybridized carbons (Fsp3) is 0.0625. The van der Waals surface area contributed by atoms with Crippen LogP contribution in [0.25, 0.3) is 28.0 Å². The Hall–Kier alpha value is -2.73. The van der Waals surface area contributed by atoms with Crippen molar-refractivity contribution < 1.29 is 4.39 Å². The quantitative estimate of drug-likeness (QED) is 0.565. The Morgan fingerprint density at radius 1 is 1.09 bits per heavy atom. The number of benzene rings is 1. The topological polar surface area (TPSA) is 48.0 Å². The van der Waals surface area contributed by atoms with Crippen molar-refractivity contribution in [1.29, 1.82) is 0 Å². The molecule has 0 amide bonds. The number of fused-ring (bicyclic) bond motifs is 1. The van der Waals surface area contributed by atoms with E-state index < -0.39 is 5.82 Å². The van der Waals surface area contributed by atoms with E-state index >= 15 is 0 Å². The first kappa shape index (κ1) is 13.9. The minimum atomic E-state index is -0.466. The average Bonchev–Trinajstić information content (AvgIpc) is 3.16. The Kier molecular flexibility index (Phi) is 3.12. The molecule has 0 N–H and O–H groups in total. The van der Waals surface area contributed by atoms with Gasteiger partial charge in [0.2, 0.25) is 0 Å². The zero-order chi connectivity index (χ0) is 16.0. The third-order valence-corrected chi connectivity index (χ3v) is 4.00. The highest BCUT2D eigenvalue weighted by Crippen LogP contribution is 2.32. The molecule has 23 heavy (non-hydrogen) atoms. The summed E-state index contributed by atoms with van der Waals surface area (Å²) in [5.74, 6) is -0.466. The molecule has 5 nitrogen and oxygen atoms in total. The molecule has 0 aliphatic carbocycles. The van der Waals surface area contributed by atoms with Crippen molar-refractivity contribution in [3.05, 3.63) is 59.9 Å². The summed E-state index contributed by atoms with van der Waals surface area (Å²) < 4.78 is 17.1. The first-order valence-electron chi connectivity index (χ1n) is 6.91. The van der Waals surface area contributed by atoms with Crippen molar-refractivity contribution in [2.45, 2.75) is 0 Å². The summed E-state index contributed by atoms with van der Waals surface area (Å²) in [5.41, 5.74) is 3.52. The highest BCUT2D eigenvalue weighted by atomic mass is 35.5. The second-order valence-electron chi connectivity index (χ2n) is 5.14. The molecule has 114 valence electrons. The van der Waals surface area contributed by atoms with Gasteiger partial charge < -0.3 is 0 Å². The summed E-state index contributed by atoms with van der Waals surface area (Å²) in [6, 6.07) is 6.55. The van der Waals surface area contributed by atoms with Gasteiger partial charge in [-0.3, -0.25) is 4.68 Å². The molecule has 0 saturated carbocycles. The van der Waals surface area contributed by atoms with Crippen LogP contribution in [-0.2, 0) is 7.05 Å². The smallest absolute Gasteiger partial charge is 0.163 e. The lowest BCUT2D eigenvalue weighted by Crippen LogP contribution is -1.92. The molecule has 7 heteroatoms. The van der Waals surface area contributed by atoms with E-state index in [1.54, 1.807) is 39.9 Å². The van der Waals surface area contributed by atoms with Gasteiger partial charge in [-0.2, -0.15) is 10.2 Å². The van der Waals surface area contributed by atoms with Crippen LogP contribution in [0.5, 0.6) is 0 Å². The largest absolute Gasteiger partial charge is 0.275 e. The number of halogens is 2. The Labute approximate surface area is 136 Å². The van der Waals surface area contributed by atoms with Crippen molar-refractivity contribution in [2.75, 3.05) is 0 Å². The zero-order valence-electron chi connectivity index (χ0n) is 12.1. The van der Waals surface area contributed by atoms with Crippen LogP contribution in [0.1, 0.15) is 0 Å². The summed E-state index contributed by atoms with van der Waals surface area (Å²) in [4.78, 5) is 4.63. The second kappa shape index (κ2) is 5.17. The highest BCUT2D eigenvalue weighted by Gasteiger charge is 2.15. The van der Waals surface area contributed by atoms with Crippen molar-refractivity contribution in [3.63, 3.8) is 0 Å². The van der Waals surface area contributed by atoms with Gasteiger partial charge in [0, 0.05) is 36.1 Å². The number of aromatic nitrogens is 5. The van der Waals surface area contributed by atoms with Gasteiger partial charge in [-0.25, -0.2) is 13.9 Å². The van der Waals surface area contributed by atoms with Crippen molar-refractivity contribution in [2.24, 2.45) is 7.05 Å². The molecule has 0 bridgehead atoms. The molecule has 0 spiro atoms. The minimum Gasteiger partial charge on any atom is -0.275 e. The van der Waals surface area contributed by atoms with Crippen LogP contribution in [0.4, 0.5) is 4.39 Å². The summed E-state index contributed by atoms with van der Waals surface area (Å²) in [5, 5.41) is 8.47. The molecule has 0 aliphatic heterocycles. The van der Waals surface area contributed by atoms with E-state index in [1.165, 1.54) is 6.07 Å². The SMILES string of the molecule is Cn1cc(-c2ccn3ncc(-c4cccc(F)c4Cl)c3n2)cn1. The lowest BCUT2D eigenvalue weighted by molar-refractivity contribution is 0.629. The van der Waals surface area contributed by atoms with Gasteiger partial charge in [0.25, 0.3) is 0 Å². The molecule has 0 aliphatic rings. The predicted molar refractivity (Wildman–Crippen MR) is 85.6 cm³/mol. The second-order valence-corrected chi connectivity index (χ2v) is 5.52. The Morgan fingerprint density at radius 2 is 1.96 bits per heavy atom. The van der Waals surface area contributed by atoms with Crippen molar-refractivity contribution in [1.82, 2.24) is 24.4 Å². The fourth-order valence-electron chi connectivity index (χ4n) is 2.48. The Balaban J connectivity index is 1.93. The molecule has 1 aromatic carbocycles. The summed E-state index contributed by atoms with van der Waals surface area (Å²) >= 11 is 6.09. The molecule has 4 rings (SSSR count). The lowest BCUT2D eigenvalue weighted by Gasteiger charge is -2.04. The van der Waals surface area contributed by atoms with E-state index in [1.807, 2.05) is 19.3 Å². The summed E-state index contributed by atoms with van der Waals surface area (Å²) in [6.07, 6.45) is 7.06. The van der Waals surface area contributed by atoms with Gasteiger partial charge in [-0.05, 0) is 12.1 Å². The monoisotopic (exact) mass is 327 g/mol. The van der Waals surface area contributed by atoms with Crippen LogP contribution < -0.4 is 0 Å². The van der Waals surface area contributed by atoms with E-state index in [9.17, 15) is 4.39 Å². The third kappa shape index (κ3) is 2.27. The van der Waals surface area contributed by atoms with E-state index in [4.69, 9.17) is 11.6 Å². The van der Waals surface area contributed by atoms with E-state index in [2.05, 4.69) is 15.2 Å². The number of hydrogen-bond donors (Lipinski definition) is 0. The van der Waals surface area contributed by atoms with E-state index in [-0.39, 0.29) is 5.02 Å². The van der Waals surface area contributed by atoms with Gasteiger partial charge in [-0.15, -0.1) is 0 Å². The maximum absolute atomic E-state index is 13.7. The number of nitrogens with zero attached hydrogens (tertiary/aromatic N) is 5. The number of hydrogen-bond acceptors (Lipinski definition) is 3. The number of rotatable bonds is 2. The molecule has 0 radical (unpaired) electrons. The van der Waals surface area contributed by atoms with Gasteiger partial charge >= 0.3 is 0 Å². The molecular formula is C16H11ClFN5. The van der Waals surface area contributed by atoms with Gasteiger partial charge in [0.05, 0.1) is 23.1 Å². The van der Waals surface area contributed by atoms with Gasteiger partial charge in [-0.1, -0.05) is 23.7 Å². The molecule has 0 fully saturated rings. The average molecular weight is 328 g/mol. The minimum absolute atomic E-state index is 0.0657. The van der Waals surface area contributed by atoms with Gasteiger partial charge in [0.1, 0.15) is 5.82 Å². The first-order valence-corrected chi connectivity index (χ1v) is 7.29. The normalized spacial score (nSPS) is 11.3. The lowest BCUT2D eigenvalue weighted by atomic mass is 10.1. The Morgan fingerprint density at radius 3 is 2.74 bits per heavy atom. The number of aryl methyl sites for hydroxylation is 1. The molecule has 0 saturated heterocycles. The van der Waals surface area contributed by atoms with Crippen molar-refractivity contribution >= 4 is 17.2 Å². The van der Waals surface area contributed by atoms with Crippen LogP contribution in [0, 0.1) is 5.82 Å². The molecule has 0 unspecified atom stereocenters. The first-order chi connectivity index (χ1) is 11.1. The van der Waals surface area contributed by atoms with Crippen LogP contribution in [0.3, 0.4) is 0 Å². The van der Waals surface area contributed by atoms with Crippen LogP contribution in [-0.4, -0.2) is 24.4 Å². The van der Waals surface area contributed by atoms with E-state index in [0.29, 0.717) is 16.8 Å². The molecule has 0 atom stereocenters. The predicted octanol–water partition coefficient (Wildman–Crippen LogP) is 3.59.